The third kappa shape index (κ3) is 4.12. The SMILES string of the molecule is CCC(CC)(CN)C(=O)Nc1ccc(-c2cnc(C)o2)cc1.Cl. The highest BCUT2D eigenvalue weighted by molar-refractivity contribution is 5.95. The molecule has 0 saturated heterocycles. The minimum atomic E-state index is -0.499. The van der Waals surface area contributed by atoms with Crippen LogP contribution in [0.4, 0.5) is 5.69 Å². The van der Waals surface area contributed by atoms with Crippen LogP contribution in [0.3, 0.4) is 0 Å². The van der Waals surface area contributed by atoms with Crippen LogP contribution < -0.4 is 11.1 Å². The zero-order valence-corrected chi connectivity index (χ0v) is 14.6. The summed E-state index contributed by atoms with van der Waals surface area (Å²) in [5, 5.41) is 2.95. The number of halogens is 1. The molecule has 3 N–H and O–H groups in total. The Bertz CT molecular complexity index is 625. The maximum absolute atomic E-state index is 12.5. The summed E-state index contributed by atoms with van der Waals surface area (Å²) in [7, 11) is 0. The molecule has 1 aromatic heterocycles. The number of carbonyl (C=O) groups excluding carboxylic acids is 1. The molecule has 0 bridgehead atoms. The molecule has 0 aliphatic heterocycles. The van der Waals surface area contributed by atoms with Gasteiger partial charge in [0.25, 0.3) is 0 Å². The van der Waals surface area contributed by atoms with Crippen molar-refractivity contribution in [3.8, 4) is 11.3 Å². The van der Waals surface area contributed by atoms with Gasteiger partial charge in [-0.2, -0.15) is 0 Å². The highest BCUT2D eigenvalue weighted by atomic mass is 35.5. The van der Waals surface area contributed by atoms with Crippen molar-refractivity contribution in [3.63, 3.8) is 0 Å². The van der Waals surface area contributed by atoms with E-state index in [2.05, 4.69) is 10.3 Å². The minimum Gasteiger partial charge on any atom is -0.441 e. The van der Waals surface area contributed by atoms with E-state index in [-0.39, 0.29) is 18.3 Å². The number of aromatic nitrogens is 1. The van der Waals surface area contributed by atoms with Crippen LogP contribution in [0.15, 0.2) is 34.9 Å². The Morgan fingerprint density at radius 2 is 1.87 bits per heavy atom. The number of oxazole rings is 1. The molecule has 0 radical (unpaired) electrons. The number of rotatable bonds is 6. The highest BCUT2D eigenvalue weighted by Crippen LogP contribution is 2.28. The van der Waals surface area contributed by atoms with Crippen LogP contribution in [-0.4, -0.2) is 17.4 Å². The van der Waals surface area contributed by atoms with Crippen molar-refractivity contribution in [2.24, 2.45) is 11.1 Å². The lowest BCUT2D eigenvalue weighted by molar-refractivity contribution is -0.125. The van der Waals surface area contributed by atoms with Gasteiger partial charge in [-0.25, -0.2) is 4.98 Å². The number of benzene rings is 1. The van der Waals surface area contributed by atoms with Crippen LogP contribution in [0.1, 0.15) is 32.6 Å². The molecule has 2 aromatic rings. The number of carbonyl (C=O) groups is 1. The van der Waals surface area contributed by atoms with Crippen LogP contribution in [-0.2, 0) is 4.79 Å². The Labute approximate surface area is 143 Å². The quantitative estimate of drug-likeness (QED) is 0.840. The third-order valence-corrected chi connectivity index (χ3v) is 4.27. The molecule has 0 aliphatic carbocycles. The maximum atomic E-state index is 12.5. The Balaban J connectivity index is 0.00000264. The summed E-state index contributed by atoms with van der Waals surface area (Å²) in [6, 6.07) is 7.52. The molecule has 0 unspecified atom stereocenters. The fourth-order valence-electron chi connectivity index (χ4n) is 2.43. The number of nitrogens with zero attached hydrogens (tertiary/aromatic N) is 1. The van der Waals surface area contributed by atoms with Gasteiger partial charge in [0.2, 0.25) is 5.91 Å². The average molecular weight is 338 g/mol. The van der Waals surface area contributed by atoms with Crippen molar-refractivity contribution in [2.45, 2.75) is 33.6 Å². The molecule has 0 atom stereocenters. The van der Waals surface area contributed by atoms with Gasteiger partial charge in [0.15, 0.2) is 11.7 Å². The second kappa shape index (κ2) is 8.13. The van der Waals surface area contributed by atoms with Crippen molar-refractivity contribution in [1.82, 2.24) is 4.98 Å². The van der Waals surface area contributed by atoms with E-state index in [1.807, 2.05) is 38.1 Å². The molecule has 0 saturated carbocycles. The summed E-state index contributed by atoms with van der Waals surface area (Å²) < 4.78 is 5.48. The second-order valence-corrected chi connectivity index (χ2v) is 5.47. The molecule has 23 heavy (non-hydrogen) atoms. The van der Waals surface area contributed by atoms with Crippen LogP contribution in [0.2, 0.25) is 0 Å². The predicted octanol–water partition coefficient (Wildman–Crippen LogP) is 3.78. The van der Waals surface area contributed by atoms with E-state index in [0.29, 0.717) is 18.2 Å². The number of hydrogen-bond acceptors (Lipinski definition) is 4. The van der Waals surface area contributed by atoms with Crippen molar-refractivity contribution in [3.05, 3.63) is 36.4 Å². The number of nitrogens with one attached hydrogen (secondary N) is 1. The molecule has 2 rings (SSSR count). The Morgan fingerprint density at radius 3 is 2.30 bits per heavy atom. The summed E-state index contributed by atoms with van der Waals surface area (Å²) in [6.45, 7) is 6.14. The largest absolute Gasteiger partial charge is 0.441 e. The van der Waals surface area contributed by atoms with E-state index in [9.17, 15) is 4.79 Å². The minimum absolute atomic E-state index is 0. The van der Waals surface area contributed by atoms with Crippen molar-refractivity contribution >= 4 is 24.0 Å². The molecular weight excluding hydrogens is 314 g/mol. The fraction of sp³-hybridized carbons (Fsp3) is 0.412. The maximum Gasteiger partial charge on any atom is 0.231 e. The van der Waals surface area contributed by atoms with Gasteiger partial charge in [-0.05, 0) is 37.1 Å². The van der Waals surface area contributed by atoms with Crippen molar-refractivity contribution in [2.75, 3.05) is 11.9 Å². The van der Waals surface area contributed by atoms with Gasteiger partial charge in [-0.1, -0.05) is 13.8 Å². The first-order valence-corrected chi connectivity index (χ1v) is 7.59. The van der Waals surface area contributed by atoms with Crippen LogP contribution >= 0.6 is 12.4 Å². The number of aryl methyl sites for hydroxylation is 1. The van der Waals surface area contributed by atoms with E-state index in [1.165, 1.54) is 0 Å². The molecular formula is C17H24ClN3O2. The standard InChI is InChI=1S/C17H23N3O2.ClH/c1-4-17(5-2,11-18)16(21)20-14-8-6-13(7-9-14)15-10-19-12(3)22-15;/h6-10H,4-5,11,18H2,1-3H3,(H,20,21);1H. The van der Waals surface area contributed by atoms with Gasteiger partial charge in [0, 0.05) is 24.7 Å². The number of anilines is 1. The Morgan fingerprint density at radius 1 is 1.26 bits per heavy atom. The molecule has 6 heteroatoms. The van der Waals surface area contributed by atoms with E-state index >= 15 is 0 Å². The third-order valence-electron chi connectivity index (χ3n) is 4.27. The predicted molar refractivity (Wildman–Crippen MR) is 94.6 cm³/mol. The van der Waals surface area contributed by atoms with Gasteiger partial charge >= 0.3 is 0 Å². The lowest BCUT2D eigenvalue weighted by Gasteiger charge is -2.28. The molecule has 0 spiro atoms. The molecule has 1 amide bonds. The summed E-state index contributed by atoms with van der Waals surface area (Å²) in [4.78, 5) is 16.5. The number of hydrogen-bond donors (Lipinski definition) is 2. The van der Waals surface area contributed by atoms with E-state index in [0.717, 1.165) is 24.1 Å². The van der Waals surface area contributed by atoms with Crippen molar-refractivity contribution in [1.29, 1.82) is 0 Å². The molecule has 126 valence electrons. The second-order valence-electron chi connectivity index (χ2n) is 5.47. The zero-order valence-electron chi connectivity index (χ0n) is 13.8. The topological polar surface area (TPSA) is 81.2 Å². The molecule has 1 heterocycles. The Kier molecular flexibility index (Phi) is 6.79. The first-order chi connectivity index (χ1) is 10.5. The summed E-state index contributed by atoms with van der Waals surface area (Å²) in [5.74, 6) is 1.32. The highest BCUT2D eigenvalue weighted by Gasteiger charge is 2.33. The smallest absolute Gasteiger partial charge is 0.231 e. The molecule has 5 nitrogen and oxygen atoms in total. The summed E-state index contributed by atoms with van der Waals surface area (Å²) >= 11 is 0. The normalized spacial score (nSPS) is 11.0. The fourth-order valence-corrected chi connectivity index (χ4v) is 2.43. The average Bonchev–Trinajstić information content (AvgIpc) is 2.97. The summed E-state index contributed by atoms with van der Waals surface area (Å²) in [6.07, 6.45) is 3.14. The first-order valence-electron chi connectivity index (χ1n) is 7.59. The first kappa shape index (κ1) is 19.2. The monoisotopic (exact) mass is 337 g/mol. The van der Waals surface area contributed by atoms with Gasteiger partial charge in [-0.15, -0.1) is 12.4 Å². The molecule has 0 aliphatic rings. The van der Waals surface area contributed by atoms with Gasteiger partial charge in [-0.3, -0.25) is 4.79 Å². The lowest BCUT2D eigenvalue weighted by Crippen LogP contribution is -2.41. The van der Waals surface area contributed by atoms with Gasteiger partial charge < -0.3 is 15.5 Å². The Hall–Kier alpha value is -1.85. The molecule has 0 fully saturated rings. The van der Waals surface area contributed by atoms with Crippen molar-refractivity contribution < 1.29 is 9.21 Å². The van der Waals surface area contributed by atoms with E-state index < -0.39 is 5.41 Å². The van der Waals surface area contributed by atoms with E-state index in [4.69, 9.17) is 10.2 Å². The summed E-state index contributed by atoms with van der Waals surface area (Å²) in [5.41, 5.74) is 6.99. The lowest BCUT2D eigenvalue weighted by atomic mass is 9.81. The van der Waals surface area contributed by atoms with Gasteiger partial charge in [0.1, 0.15) is 0 Å². The molecule has 1 aromatic carbocycles. The zero-order chi connectivity index (χ0) is 16.2. The number of amides is 1. The van der Waals surface area contributed by atoms with Crippen LogP contribution in [0, 0.1) is 12.3 Å². The number of nitrogens with two attached hydrogens (primary N) is 1. The van der Waals surface area contributed by atoms with Crippen LogP contribution in [0.5, 0.6) is 0 Å². The van der Waals surface area contributed by atoms with E-state index in [1.54, 1.807) is 13.1 Å². The van der Waals surface area contributed by atoms with Gasteiger partial charge in [0.05, 0.1) is 11.6 Å². The van der Waals surface area contributed by atoms with Crippen LogP contribution in [0.25, 0.3) is 11.3 Å².